The summed E-state index contributed by atoms with van der Waals surface area (Å²) in [5, 5.41) is 6.08. The molecule has 0 bridgehead atoms. The summed E-state index contributed by atoms with van der Waals surface area (Å²) in [4.78, 5) is 16.6. The summed E-state index contributed by atoms with van der Waals surface area (Å²) < 4.78 is 10.6. The van der Waals surface area contributed by atoms with Crippen molar-refractivity contribution < 1.29 is 14.3 Å². The highest BCUT2D eigenvalue weighted by atomic mass is 16.5. The predicted octanol–water partition coefficient (Wildman–Crippen LogP) is 4.66. The molecule has 1 aromatic heterocycles. The molecule has 1 amide bonds. The molecule has 0 aliphatic rings. The smallest absolute Gasteiger partial charge is 0.274 e. The Morgan fingerprint density at radius 1 is 0.964 bits per heavy atom. The molecule has 6 nitrogen and oxygen atoms in total. The van der Waals surface area contributed by atoms with Gasteiger partial charge in [0.25, 0.3) is 5.91 Å². The molecular formula is C22H23N3O3. The van der Waals surface area contributed by atoms with Crippen LogP contribution in [0.1, 0.15) is 23.0 Å². The molecule has 0 atom stereocenters. The fourth-order valence-corrected chi connectivity index (χ4v) is 2.69. The number of aryl methyl sites for hydroxylation is 1. The van der Waals surface area contributed by atoms with Gasteiger partial charge in [-0.2, -0.15) is 0 Å². The van der Waals surface area contributed by atoms with Crippen LogP contribution in [-0.4, -0.2) is 25.1 Å². The predicted molar refractivity (Wildman–Crippen MR) is 111 cm³/mol. The zero-order valence-electron chi connectivity index (χ0n) is 16.2. The van der Waals surface area contributed by atoms with Crippen LogP contribution in [0.5, 0.6) is 11.5 Å². The molecule has 144 valence electrons. The lowest BCUT2D eigenvalue weighted by Crippen LogP contribution is -2.13. The van der Waals surface area contributed by atoms with Gasteiger partial charge in [0.05, 0.1) is 31.8 Å². The molecule has 3 rings (SSSR count). The Kier molecular flexibility index (Phi) is 6.11. The molecule has 0 unspecified atom stereocenters. The molecule has 2 N–H and O–H groups in total. The summed E-state index contributed by atoms with van der Waals surface area (Å²) >= 11 is 0. The summed E-state index contributed by atoms with van der Waals surface area (Å²) in [6.07, 6.45) is 2.57. The zero-order chi connectivity index (χ0) is 19.9. The SMILES string of the molecule is CCc1ccc(NC(=O)c2ccc(Nc3cc(OC)ccc3OC)cn2)cc1. The lowest BCUT2D eigenvalue weighted by molar-refractivity contribution is 0.102. The number of hydrogen-bond acceptors (Lipinski definition) is 5. The number of carbonyl (C=O) groups excluding carboxylic acids is 1. The van der Waals surface area contributed by atoms with Crippen molar-refractivity contribution in [3.63, 3.8) is 0 Å². The maximum Gasteiger partial charge on any atom is 0.274 e. The monoisotopic (exact) mass is 377 g/mol. The fraction of sp³-hybridized carbons (Fsp3) is 0.182. The van der Waals surface area contributed by atoms with Crippen LogP contribution in [0.3, 0.4) is 0 Å². The number of rotatable bonds is 7. The van der Waals surface area contributed by atoms with Gasteiger partial charge in [-0.25, -0.2) is 4.98 Å². The van der Waals surface area contributed by atoms with Crippen LogP contribution in [0.15, 0.2) is 60.8 Å². The largest absolute Gasteiger partial charge is 0.497 e. The Morgan fingerprint density at radius 3 is 2.32 bits per heavy atom. The molecule has 1 heterocycles. The van der Waals surface area contributed by atoms with Crippen LogP contribution < -0.4 is 20.1 Å². The number of amides is 1. The van der Waals surface area contributed by atoms with Gasteiger partial charge in [-0.05, 0) is 48.4 Å². The summed E-state index contributed by atoms with van der Waals surface area (Å²) in [6.45, 7) is 2.09. The second-order valence-corrected chi connectivity index (χ2v) is 6.13. The number of methoxy groups -OCH3 is 2. The minimum absolute atomic E-state index is 0.255. The Bertz CT molecular complexity index is 938. The number of pyridine rings is 1. The molecule has 2 aromatic carbocycles. The van der Waals surface area contributed by atoms with E-state index in [-0.39, 0.29) is 5.91 Å². The second-order valence-electron chi connectivity index (χ2n) is 6.13. The van der Waals surface area contributed by atoms with Gasteiger partial charge in [0, 0.05) is 11.8 Å². The van der Waals surface area contributed by atoms with Gasteiger partial charge in [0.15, 0.2) is 0 Å². The second kappa shape index (κ2) is 8.90. The average Bonchev–Trinajstić information content (AvgIpc) is 2.74. The number of benzene rings is 2. The number of aromatic nitrogens is 1. The molecule has 6 heteroatoms. The van der Waals surface area contributed by atoms with E-state index in [0.717, 1.165) is 23.5 Å². The van der Waals surface area contributed by atoms with E-state index in [1.54, 1.807) is 32.5 Å². The Balaban J connectivity index is 1.70. The Hall–Kier alpha value is -3.54. The molecular weight excluding hydrogens is 354 g/mol. The molecule has 0 aliphatic carbocycles. The third-order valence-electron chi connectivity index (χ3n) is 4.30. The van der Waals surface area contributed by atoms with Crippen molar-refractivity contribution in [3.05, 3.63) is 72.1 Å². The normalized spacial score (nSPS) is 10.2. The molecule has 0 spiro atoms. The van der Waals surface area contributed by atoms with Crippen molar-refractivity contribution in [2.24, 2.45) is 0 Å². The van der Waals surface area contributed by atoms with Crippen LogP contribution in [0.25, 0.3) is 0 Å². The highest BCUT2D eigenvalue weighted by Gasteiger charge is 2.09. The molecule has 0 saturated heterocycles. The highest BCUT2D eigenvalue weighted by molar-refractivity contribution is 6.03. The lowest BCUT2D eigenvalue weighted by atomic mass is 10.1. The number of ether oxygens (including phenoxy) is 2. The molecule has 3 aromatic rings. The Morgan fingerprint density at radius 2 is 1.71 bits per heavy atom. The van der Waals surface area contributed by atoms with E-state index in [9.17, 15) is 4.79 Å². The molecule has 0 radical (unpaired) electrons. The van der Waals surface area contributed by atoms with Gasteiger partial charge in [0.1, 0.15) is 17.2 Å². The summed E-state index contributed by atoms with van der Waals surface area (Å²) in [5.74, 6) is 1.13. The van der Waals surface area contributed by atoms with E-state index in [2.05, 4.69) is 22.5 Å². The topological polar surface area (TPSA) is 72.5 Å². The highest BCUT2D eigenvalue weighted by Crippen LogP contribution is 2.31. The van der Waals surface area contributed by atoms with Gasteiger partial charge in [-0.3, -0.25) is 4.79 Å². The first-order valence-corrected chi connectivity index (χ1v) is 8.98. The van der Waals surface area contributed by atoms with Crippen molar-refractivity contribution in [2.75, 3.05) is 24.9 Å². The Labute approximate surface area is 164 Å². The molecule has 0 saturated carbocycles. The van der Waals surface area contributed by atoms with E-state index in [1.807, 2.05) is 42.5 Å². The van der Waals surface area contributed by atoms with Crippen molar-refractivity contribution in [3.8, 4) is 11.5 Å². The van der Waals surface area contributed by atoms with E-state index >= 15 is 0 Å². The van der Waals surface area contributed by atoms with Crippen LogP contribution in [-0.2, 0) is 6.42 Å². The van der Waals surface area contributed by atoms with Crippen molar-refractivity contribution >= 4 is 23.0 Å². The van der Waals surface area contributed by atoms with E-state index in [4.69, 9.17) is 9.47 Å². The number of anilines is 3. The van der Waals surface area contributed by atoms with E-state index in [1.165, 1.54) is 5.56 Å². The zero-order valence-corrected chi connectivity index (χ0v) is 16.2. The van der Waals surface area contributed by atoms with Gasteiger partial charge in [0.2, 0.25) is 0 Å². The molecule has 28 heavy (non-hydrogen) atoms. The quantitative estimate of drug-likeness (QED) is 0.627. The number of nitrogens with zero attached hydrogens (tertiary/aromatic N) is 1. The van der Waals surface area contributed by atoms with Crippen molar-refractivity contribution in [2.45, 2.75) is 13.3 Å². The first-order chi connectivity index (χ1) is 13.6. The third kappa shape index (κ3) is 4.59. The first kappa shape index (κ1) is 19.2. The summed E-state index contributed by atoms with van der Waals surface area (Å²) in [7, 11) is 3.21. The standard InChI is InChI=1S/C22H23N3O3/c1-4-15-5-7-16(8-6-15)25-22(26)19-11-9-17(14-23-19)24-20-13-18(27-2)10-12-21(20)28-3/h5-14,24H,4H2,1-3H3,(H,25,26). The van der Waals surface area contributed by atoms with Gasteiger partial charge < -0.3 is 20.1 Å². The van der Waals surface area contributed by atoms with Crippen LogP contribution in [0.4, 0.5) is 17.1 Å². The summed E-state index contributed by atoms with van der Waals surface area (Å²) in [5.41, 5.74) is 3.78. The van der Waals surface area contributed by atoms with Crippen molar-refractivity contribution in [1.29, 1.82) is 0 Å². The molecule has 0 aliphatic heterocycles. The maximum atomic E-state index is 12.4. The average molecular weight is 377 g/mol. The number of carbonyl (C=O) groups is 1. The lowest BCUT2D eigenvalue weighted by Gasteiger charge is -2.13. The van der Waals surface area contributed by atoms with E-state index < -0.39 is 0 Å². The van der Waals surface area contributed by atoms with Crippen LogP contribution in [0, 0.1) is 0 Å². The van der Waals surface area contributed by atoms with Crippen molar-refractivity contribution in [1.82, 2.24) is 4.98 Å². The van der Waals surface area contributed by atoms with Crippen LogP contribution in [0.2, 0.25) is 0 Å². The maximum absolute atomic E-state index is 12.4. The fourth-order valence-electron chi connectivity index (χ4n) is 2.69. The third-order valence-corrected chi connectivity index (χ3v) is 4.30. The van der Waals surface area contributed by atoms with Gasteiger partial charge in [-0.1, -0.05) is 19.1 Å². The minimum atomic E-state index is -0.255. The first-order valence-electron chi connectivity index (χ1n) is 8.98. The summed E-state index contributed by atoms with van der Waals surface area (Å²) in [6, 6.07) is 16.7. The van der Waals surface area contributed by atoms with Gasteiger partial charge >= 0.3 is 0 Å². The van der Waals surface area contributed by atoms with Crippen LogP contribution >= 0.6 is 0 Å². The number of hydrogen-bond donors (Lipinski definition) is 2. The minimum Gasteiger partial charge on any atom is -0.497 e. The van der Waals surface area contributed by atoms with E-state index in [0.29, 0.717) is 17.2 Å². The van der Waals surface area contributed by atoms with Gasteiger partial charge in [-0.15, -0.1) is 0 Å². The molecule has 0 fully saturated rings. The number of nitrogens with one attached hydrogen (secondary N) is 2.